The van der Waals surface area contributed by atoms with Crippen molar-refractivity contribution in [2.45, 2.75) is 25.4 Å². The molecule has 84 valence electrons. The highest BCUT2D eigenvalue weighted by atomic mass is 32.3. The fraction of sp³-hybridized carbons (Fsp3) is 0.833. The second-order valence-corrected chi connectivity index (χ2v) is 3.72. The summed E-state index contributed by atoms with van der Waals surface area (Å²) in [6, 6.07) is 0. The largest absolute Gasteiger partial charge is 0.481 e. The molecule has 0 radical (unpaired) electrons. The van der Waals surface area contributed by atoms with E-state index in [1.165, 1.54) is 0 Å². The Labute approximate surface area is 81.3 Å². The molecule has 0 aliphatic heterocycles. The molecule has 1 atom stereocenters. The molecule has 7 nitrogen and oxygen atoms in total. The van der Waals surface area contributed by atoms with Gasteiger partial charge in [-0.25, -0.2) is 4.18 Å². The Morgan fingerprint density at radius 2 is 1.93 bits per heavy atom. The molecule has 0 saturated carbocycles. The standard InChI is InChI=1S/C6H12O7S/c7-5(1-2-6(8)9)3-4-13-14(10,11)12/h5,7H,1-4H2,(H,8,9)(H,10,11,12). The highest BCUT2D eigenvalue weighted by molar-refractivity contribution is 7.80. The van der Waals surface area contributed by atoms with Crippen LogP contribution in [0.25, 0.3) is 0 Å². The van der Waals surface area contributed by atoms with E-state index in [4.69, 9.17) is 14.8 Å². The fourth-order valence-corrected chi connectivity index (χ4v) is 1.03. The third kappa shape index (κ3) is 9.39. The quantitative estimate of drug-likeness (QED) is 0.498. The maximum Gasteiger partial charge on any atom is 0.397 e. The first-order valence-corrected chi connectivity index (χ1v) is 5.19. The summed E-state index contributed by atoms with van der Waals surface area (Å²) in [6.07, 6.45) is -1.18. The van der Waals surface area contributed by atoms with Crippen molar-refractivity contribution in [1.29, 1.82) is 0 Å². The lowest BCUT2D eigenvalue weighted by molar-refractivity contribution is -0.137. The Bertz CT molecular complexity index is 270. The van der Waals surface area contributed by atoms with Crippen LogP contribution in [-0.2, 0) is 19.4 Å². The molecular formula is C6H12O7S. The van der Waals surface area contributed by atoms with Gasteiger partial charge < -0.3 is 10.2 Å². The predicted octanol–water partition coefficient (Wildman–Crippen LogP) is -0.578. The number of hydrogen-bond acceptors (Lipinski definition) is 5. The van der Waals surface area contributed by atoms with Crippen LogP contribution in [0.2, 0.25) is 0 Å². The summed E-state index contributed by atoms with van der Waals surface area (Å²) >= 11 is 0. The van der Waals surface area contributed by atoms with Gasteiger partial charge in [0, 0.05) is 6.42 Å². The van der Waals surface area contributed by atoms with Gasteiger partial charge in [-0.1, -0.05) is 0 Å². The zero-order chi connectivity index (χ0) is 11.2. The number of carboxylic acid groups (broad SMARTS) is 1. The first-order valence-electron chi connectivity index (χ1n) is 3.83. The topological polar surface area (TPSA) is 121 Å². The maximum atomic E-state index is 10.1. The van der Waals surface area contributed by atoms with Crippen molar-refractivity contribution in [2.24, 2.45) is 0 Å². The Morgan fingerprint density at radius 1 is 1.36 bits per heavy atom. The van der Waals surface area contributed by atoms with Gasteiger partial charge in [0.1, 0.15) is 0 Å². The number of hydrogen-bond donors (Lipinski definition) is 3. The summed E-state index contributed by atoms with van der Waals surface area (Å²) in [6.45, 7) is -0.375. The zero-order valence-electron chi connectivity index (χ0n) is 7.29. The van der Waals surface area contributed by atoms with E-state index in [-0.39, 0.29) is 25.9 Å². The van der Waals surface area contributed by atoms with Crippen molar-refractivity contribution in [2.75, 3.05) is 6.61 Å². The SMILES string of the molecule is O=C(O)CCC(O)CCOS(=O)(=O)O. The summed E-state index contributed by atoms with van der Waals surface area (Å²) < 4.78 is 32.1. The molecule has 0 fully saturated rings. The number of carboxylic acids is 1. The van der Waals surface area contributed by atoms with E-state index in [2.05, 4.69) is 4.18 Å². The fourth-order valence-electron chi connectivity index (χ4n) is 0.724. The van der Waals surface area contributed by atoms with Crippen LogP contribution in [0.15, 0.2) is 0 Å². The molecule has 0 heterocycles. The minimum atomic E-state index is -4.48. The molecule has 0 aliphatic carbocycles. The molecule has 8 heteroatoms. The first-order chi connectivity index (χ1) is 6.31. The molecule has 0 aromatic rings. The Morgan fingerprint density at radius 3 is 2.36 bits per heavy atom. The summed E-state index contributed by atoms with van der Waals surface area (Å²) in [7, 11) is -4.48. The van der Waals surface area contributed by atoms with Gasteiger partial charge in [0.05, 0.1) is 12.7 Å². The van der Waals surface area contributed by atoms with Crippen LogP contribution in [0.5, 0.6) is 0 Å². The lowest BCUT2D eigenvalue weighted by Crippen LogP contribution is -2.14. The number of aliphatic hydroxyl groups is 1. The molecule has 0 aromatic heterocycles. The van der Waals surface area contributed by atoms with Crippen LogP contribution >= 0.6 is 0 Å². The van der Waals surface area contributed by atoms with Crippen LogP contribution in [-0.4, -0.2) is 41.9 Å². The smallest absolute Gasteiger partial charge is 0.397 e. The van der Waals surface area contributed by atoms with E-state index in [1.54, 1.807) is 0 Å². The molecule has 1 unspecified atom stereocenters. The van der Waals surface area contributed by atoms with E-state index >= 15 is 0 Å². The lowest BCUT2D eigenvalue weighted by Gasteiger charge is -2.07. The van der Waals surface area contributed by atoms with Gasteiger partial charge in [-0.3, -0.25) is 9.35 Å². The Hall–Kier alpha value is -0.700. The van der Waals surface area contributed by atoms with Crippen LogP contribution < -0.4 is 0 Å². The van der Waals surface area contributed by atoms with Gasteiger partial charge in [-0.2, -0.15) is 8.42 Å². The third-order valence-electron chi connectivity index (χ3n) is 1.37. The average Bonchev–Trinajstić information content (AvgIpc) is 1.98. The van der Waals surface area contributed by atoms with Crippen molar-refractivity contribution >= 4 is 16.4 Å². The molecule has 0 rings (SSSR count). The maximum absolute atomic E-state index is 10.1. The normalized spacial score (nSPS) is 13.9. The van der Waals surface area contributed by atoms with Crippen LogP contribution in [0.4, 0.5) is 0 Å². The average molecular weight is 228 g/mol. The van der Waals surface area contributed by atoms with Gasteiger partial charge in [-0.05, 0) is 12.8 Å². The van der Waals surface area contributed by atoms with Crippen molar-refractivity contribution in [3.05, 3.63) is 0 Å². The second kappa shape index (κ2) is 5.91. The minimum Gasteiger partial charge on any atom is -0.481 e. The van der Waals surface area contributed by atoms with Gasteiger partial charge in [0.15, 0.2) is 0 Å². The first kappa shape index (κ1) is 13.3. The van der Waals surface area contributed by atoms with E-state index in [9.17, 15) is 13.2 Å². The number of rotatable bonds is 7. The molecule has 0 saturated heterocycles. The van der Waals surface area contributed by atoms with Crippen molar-refractivity contribution in [3.63, 3.8) is 0 Å². The number of aliphatic carboxylic acids is 1. The highest BCUT2D eigenvalue weighted by Crippen LogP contribution is 2.02. The summed E-state index contributed by atoms with van der Waals surface area (Å²) in [5, 5.41) is 17.3. The number of aliphatic hydroxyl groups excluding tert-OH is 1. The molecule has 0 aromatic carbocycles. The van der Waals surface area contributed by atoms with Crippen molar-refractivity contribution < 1.29 is 32.2 Å². The minimum absolute atomic E-state index is 0.0180. The summed E-state index contributed by atoms with van der Waals surface area (Å²) in [5.41, 5.74) is 0. The molecular weight excluding hydrogens is 216 g/mol. The third-order valence-corrected chi connectivity index (χ3v) is 1.84. The van der Waals surface area contributed by atoms with E-state index in [0.29, 0.717) is 0 Å². The molecule has 0 aliphatic rings. The monoisotopic (exact) mass is 228 g/mol. The predicted molar refractivity (Wildman–Crippen MR) is 45.0 cm³/mol. The highest BCUT2D eigenvalue weighted by Gasteiger charge is 2.10. The second-order valence-electron chi connectivity index (χ2n) is 2.62. The lowest BCUT2D eigenvalue weighted by atomic mass is 10.1. The molecule has 14 heavy (non-hydrogen) atoms. The Balaban J connectivity index is 3.54. The van der Waals surface area contributed by atoms with Crippen molar-refractivity contribution in [3.8, 4) is 0 Å². The molecule has 3 N–H and O–H groups in total. The summed E-state index contributed by atoms with van der Waals surface area (Å²) in [4.78, 5) is 10.1. The zero-order valence-corrected chi connectivity index (χ0v) is 8.11. The van der Waals surface area contributed by atoms with Crippen molar-refractivity contribution in [1.82, 2.24) is 0 Å². The van der Waals surface area contributed by atoms with E-state index < -0.39 is 22.5 Å². The van der Waals surface area contributed by atoms with Gasteiger partial charge in [0.2, 0.25) is 0 Å². The van der Waals surface area contributed by atoms with Crippen LogP contribution in [0.3, 0.4) is 0 Å². The van der Waals surface area contributed by atoms with E-state index in [1.807, 2.05) is 0 Å². The van der Waals surface area contributed by atoms with Crippen LogP contribution in [0.1, 0.15) is 19.3 Å². The molecule has 0 spiro atoms. The van der Waals surface area contributed by atoms with Gasteiger partial charge in [0.25, 0.3) is 0 Å². The molecule has 0 bridgehead atoms. The Kier molecular flexibility index (Phi) is 5.62. The van der Waals surface area contributed by atoms with E-state index in [0.717, 1.165) is 0 Å². The summed E-state index contributed by atoms with van der Waals surface area (Å²) in [5.74, 6) is -1.04. The number of carbonyl (C=O) groups is 1. The van der Waals surface area contributed by atoms with Gasteiger partial charge >= 0.3 is 16.4 Å². The molecule has 0 amide bonds. The van der Waals surface area contributed by atoms with Gasteiger partial charge in [-0.15, -0.1) is 0 Å². The van der Waals surface area contributed by atoms with Crippen LogP contribution in [0, 0.1) is 0 Å².